The minimum Gasteiger partial charge on any atom is -0.355 e. The van der Waals surface area contributed by atoms with Gasteiger partial charge in [-0.15, -0.1) is 0 Å². The molecule has 0 spiro atoms. The fourth-order valence-electron chi connectivity index (χ4n) is 2.58. The van der Waals surface area contributed by atoms with Gasteiger partial charge < -0.3 is 10.3 Å². The van der Waals surface area contributed by atoms with Crippen LogP contribution in [0.15, 0.2) is 33.9 Å². The van der Waals surface area contributed by atoms with Gasteiger partial charge in [0, 0.05) is 34.7 Å². The first kappa shape index (κ1) is 19.0. The second kappa shape index (κ2) is 7.70. The van der Waals surface area contributed by atoms with Crippen LogP contribution >= 0.6 is 11.6 Å². The second-order valence-electron chi connectivity index (χ2n) is 6.68. The molecule has 0 fully saturated rings. The number of hydrogen-bond donors (Lipinski definition) is 3. The summed E-state index contributed by atoms with van der Waals surface area (Å²) in [6.07, 6.45) is 0.433. The number of aryl methyl sites for hydroxylation is 1. The second-order valence-corrected chi connectivity index (χ2v) is 7.12. The molecule has 1 aromatic carbocycles. The van der Waals surface area contributed by atoms with E-state index in [1.165, 1.54) is 0 Å². The fraction of sp³-hybridized carbons (Fsp3) is 0.389. The minimum absolute atomic E-state index is 0.153. The predicted molar refractivity (Wildman–Crippen MR) is 98.2 cm³/mol. The molecule has 6 nitrogen and oxygen atoms in total. The van der Waals surface area contributed by atoms with Crippen molar-refractivity contribution in [1.82, 2.24) is 15.3 Å². The molecular formula is C18H22ClN3O3. The number of hydrogen-bond acceptors (Lipinski definition) is 3. The summed E-state index contributed by atoms with van der Waals surface area (Å²) < 4.78 is 0. The van der Waals surface area contributed by atoms with E-state index in [9.17, 15) is 14.4 Å². The smallest absolute Gasteiger partial charge is 0.325 e. The molecule has 1 amide bonds. The largest absolute Gasteiger partial charge is 0.355 e. The Morgan fingerprint density at radius 1 is 1.24 bits per heavy atom. The third-order valence-electron chi connectivity index (χ3n) is 4.19. The van der Waals surface area contributed by atoms with Crippen molar-refractivity contribution in [2.24, 2.45) is 0 Å². The number of carbonyl (C=O) groups excluding carboxylic acids is 1. The Morgan fingerprint density at radius 3 is 2.60 bits per heavy atom. The average molecular weight is 364 g/mol. The van der Waals surface area contributed by atoms with Crippen LogP contribution in [0.5, 0.6) is 0 Å². The van der Waals surface area contributed by atoms with Crippen LogP contribution in [0.2, 0.25) is 5.02 Å². The van der Waals surface area contributed by atoms with E-state index in [0.29, 0.717) is 22.8 Å². The van der Waals surface area contributed by atoms with E-state index in [0.717, 1.165) is 5.56 Å². The Morgan fingerprint density at radius 2 is 1.96 bits per heavy atom. The van der Waals surface area contributed by atoms with Crippen molar-refractivity contribution >= 4 is 17.5 Å². The molecule has 0 atom stereocenters. The summed E-state index contributed by atoms with van der Waals surface area (Å²) >= 11 is 6.03. The monoisotopic (exact) mass is 363 g/mol. The summed E-state index contributed by atoms with van der Waals surface area (Å²) in [7, 11) is 0. The molecule has 2 aromatic rings. The zero-order valence-electron chi connectivity index (χ0n) is 14.5. The number of aromatic amines is 2. The van der Waals surface area contributed by atoms with Crippen molar-refractivity contribution in [3.05, 3.63) is 66.9 Å². The zero-order chi connectivity index (χ0) is 18.6. The third-order valence-corrected chi connectivity index (χ3v) is 4.43. The first-order chi connectivity index (χ1) is 11.7. The summed E-state index contributed by atoms with van der Waals surface area (Å²) in [5.74, 6) is -0.153. The predicted octanol–water partition coefficient (Wildman–Crippen LogP) is 2.05. The number of H-pyrrole nitrogens is 2. The van der Waals surface area contributed by atoms with Crippen LogP contribution in [0.25, 0.3) is 0 Å². The highest BCUT2D eigenvalue weighted by molar-refractivity contribution is 6.30. The summed E-state index contributed by atoms with van der Waals surface area (Å²) in [5, 5.41) is 3.55. The molecule has 134 valence electrons. The average Bonchev–Trinajstić information content (AvgIpc) is 2.52. The Bertz CT molecular complexity index is 884. The molecule has 2 rings (SSSR count). The van der Waals surface area contributed by atoms with Crippen molar-refractivity contribution in [3.63, 3.8) is 0 Å². The Kier molecular flexibility index (Phi) is 5.85. The van der Waals surface area contributed by atoms with E-state index in [2.05, 4.69) is 15.3 Å². The van der Waals surface area contributed by atoms with Crippen molar-refractivity contribution in [2.45, 2.75) is 39.0 Å². The number of aromatic nitrogens is 2. The standard InChI is InChI=1S/C18H22ClN3O3/c1-11-14(16(24)22-17(25)21-11)7-8-15(23)20-10-18(2,3)12-5-4-6-13(19)9-12/h4-6,9H,7-8,10H2,1-3H3,(H,20,23)(H2,21,22,24,25). The van der Waals surface area contributed by atoms with Crippen LogP contribution in [-0.4, -0.2) is 22.4 Å². The molecule has 0 unspecified atom stereocenters. The first-order valence-electron chi connectivity index (χ1n) is 8.04. The normalized spacial score (nSPS) is 11.4. The molecule has 7 heteroatoms. The van der Waals surface area contributed by atoms with Crippen LogP contribution in [0.1, 0.15) is 37.1 Å². The highest BCUT2D eigenvalue weighted by Gasteiger charge is 2.21. The zero-order valence-corrected chi connectivity index (χ0v) is 15.3. The van der Waals surface area contributed by atoms with Gasteiger partial charge in [-0.25, -0.2) is 4.79 Å². The van der Waals surface area contributed by atoms with Gasteiger partial charge >= 0.3 is 5.69 Å². The Balaban J connectivity index is 1.95. The molecule has 0 aliphatic carbocycles. The maximum Gasteiger partial charge on any atom is 0.325 e. The lowest BCUT2D eigenvalue weighted by Crippen LogP contribution is -2.37. The van der Waals surface area contributed by atoms with Gasteiger partial charge in [-0.2, -0.15) is 0 Å². The van der Waals surface area contributed by atoms with E-state index in [1.807, 2.05) is 38.1 Å². The number of carbonyl (C=O) groups is 1. The van der Waals surface area contributed by atoms with Crippen LogP contribution in [0, 0.1) is 6.92 Å². The lowest BCUT2D eigenvalue weighted by molar-refractivity contribution is -0.121. The summed E-state index contributed by atoms with van der Waals surface area (Å²) in [4.78, 5) is 39.8. The highest BCUT2D eigenvalue weighted by Crippen LogP contribution is 2.24. The third kappa shape index (κ3) is 5.06. The van der Waals surface area contributed by atoms with E-state index in [4.69, 9.17) is 11.6 Å². The van der Waals surface area contributed by atoms with Crippen molar-refractivity contribution in [1.29, 1.82) is 0 Å². The van der Waals surface area contributed by atoms with Gasteiger partial charge in [0.05, 0.1) is 0 Å². The van der Waals surface area contributed by atoms with Gasteiger partial charge in [0.15, 0.2) is 0 Å². The summed E-state index contributed by atoms with van der Waals surface area (Å²) in [5.41, 5.74) is 0.677. The topological polar surface area (TPSA) is 94.8 Å². The molecule has 25 heavy (non-hydrogen) atoms. The number of halogens is 1. The number of amides is 1. The molecule has 0 aliphatic heterocycles. The highest BCUT2D eigenvalue weighted by atomic mass is 35.5. The van der Waals surface area contributed by atoms with Crippen LogP contribution in [-0.2, 0) is 16.6 Å². The molecule has 0 bridgehead atoms. The molecule has 3 N–H and O–H groups in total. The van der Waals surface area contributed by atoms with Gasteiger partial charge in [-0.3, -0.25) is 14.6 Å². The van der Waals surface area contributed by atoms with Gasteiger partial charge in [0.2, 0.25) is 5.91 Å². The summed E-state index contributed by atoms with van der Waals surface area (Å²) in [6, 6.07) is 7.55. The van der Waals surface area contributed by atoms with Gasteiger partial charge in [-0.05, 0) is 31.0 Å². The lowest BCUT2D eigenvalue weighted by Gasteiger charge is -2.26. The number of rotatable bonds is 6. The van der Waals surface area contributed by atoms with Crippen LogP contribution < -0.4 is 16.6 Å². The van der Waals surface area contributed by atoms with E-state index < -0.39 is 11.2 Å². The molecule has 1 heterocycles. The van der Waals surface area contributed by atoms with Crippen LogP contribution in [0.4, 0.5) is 0 Å². The van der Waals surface area contributed by atoms with Gasteiger partial charge in [0.25, 0.3) is 5.56 Å². The molecule has 1 aromatic heterocycles. The van der Waals surface area contributed by atoms with Crippen molar-refractivity contribution in [2.75, 3.05) is 6.54 Å². The van der Waals surface area contributed by atoms with Gasteiger partial charge in [0.1, 0.15) is 0 Å². The quantitative estimate of drug-likeness (QED) is 0.733. The molecular weight excluding hydrogens is 342 g/mol. The maximum atomic E-state index is 12.1. The number of nitrogens with one attached hydrogen (secondary N) is 3. The van der Waals surface area contributed by atoms with Gasteiger partial charge in [-0.1, -0.05) is 37.6 Å². The SMILES string of the molecule is Cc1[nH]c(=O)[nH]c(=O)c1CCC(=O)NCC(C)(C)c1cccc(Cl)c1. The summed E-state index contributed by atoms with van der Waals surface area (Å²) in [6.45, 7) is 6.14. The van der Waals surface area contributed by atoms with Crippen molar-refractivity contribution in [3.8, 4) is 0 Å². The number of benzene rings is 1. The molecule has 0 aliphatic rings. The van der Waals surface area contributed by atoms with Crippen LogP contribution in [0.3, 0.4) is 0 Å². The fourth-order valence-corrected chi connectivity index (χ4v) is 2.78. The Labute approximate surface area is 150 Å². The van der Waals surface area contributed by atoms with E-state index in [-0.39, 0.29) is 24.2 Å². The van der Waals surface area contributed by atoms with E-state index in [1.54, 1.807) is 6.92 Å². The molecule has 0 saturated heterocycles. The van der Waals surface area contributed by atoms with Crippen molar-refractivity contribution < 1.29 is 4.79 Å². The first-order valence-corrected chi connectivity index (χ1v) is 8.41. The molecule has 0 saturated carbocycles. The van der Waals surface area contributed by atoms with E-state index >= 15 is 0 Å². The maximum absolute atomic E-state index is 12.1. The minimum atomic E-state index is -0.543. The lowest BCUT2D eigenvalue weighted by atomic mass is 9.84. The molecule has 0 radical (unpaired) electrons. The Hall–Kier alpha value is -2.34.